The molecule has 4 rings (SSSR count). The minimum Gasteiger partial charge on any atom is -0.493 e. The number of rotatable bonds is 8. The molecule has 0 aliphatic carbocycles. The zero-order valence-corrected chi connectivity index (χ0v) is 20.2. The highest BCUT2D eigenvalue weighted by Crippen LogP contribution is 2.31. The van der Waals surface area contributed by atoms with E-state index in [-0.39, 0.29) is 12.5 Å². The van der Waals surface area contributed by atoms with Gasteiger partial charge in [0.25, 0.3) is 5.91 Å². The summed E-state index contributed by atoms with van der Waals surface area (Å²) in [6.45, 7) is 4.72. The Morgan fingerprint density at radius 3 is 2.47 bits per heavy atom. The van der Waals surface area contributed by atoms with E-state index in [0.29, 0.717) is 29.4 Å². The normalized spacial score (nSPS) is 10.9. The Balaban J connectivity index is 1.50. The first kappa shape index (κ1) is 23.2. The van der Waals surface area contributed by atoms with Gasteiger partial charge in [0.1, 0.15) is 18.0 Å². The Bertz CT molecular complexity index is 1330. The lowest BCUT2D eigenvalue weighted by Gasteiger charge is -2.21. The van der Waals surface area contributed by atoms with Gasteiger partial charge in [-0.1, -0.05) is 18.2 Å². The molecule has 34 heavy (non-hydrogen) atoms. The van der Waals surface area contributed by atoms with Gasteiger partial charge >= 0.3 is 0 Å². The first-order valence-electron chi connectivity index (χ1n) is 11.0. The van der Waals surface area contributed by atoms with Gasteiger partial charge in [-0.05, 0) is 60.9 Å². The van der Waals surface area contributed by atoms with Crippen LogP contribution in [-0.4, -0.2) is 41.5 Å². The molecule has 4 aromatic rings. The average Bonchev–Trinajstić information content (AvgIpc) is 3.25. The third kappa shape index (κ3) is 4.83. The summed E-state index contributed by atoms with van der Waals surface area (Å²) in [7, 11) is 4.99. The molecule has 1 amide bonds. The van der Waals surface area contributed by atoms with E-state index in [1.165, 1.54) is 0 Å². The third-order valence-corrected chi connectivity index (χ3v) is 5.74. The number of para-hydroxylation sites is 1. The van der Waals surface area contributed by atoms with E-state index in [1.807, 2.05) is 73.1 Å². The predicted octanol–water partition coefficient (Wildman–Crippen LogP) is 4.82. The zero-order chi connectivity index (χ0) is 24.2. The molecule has 0 bridgehead atoms. The highest BCUT2D eigenvalue weighted by atomic mass is 16.5. The number of benzene rings is 2. The summed E-state index contributed by atoms with van der Waals surface area (Å²) in [6.07, 6.45) is 3.97. The number of methoxy groups -OCH3 is 2. The molecule has 0 unspecified atom stereocenters. The van der Waals surface area contributed by atoms with Crippen molar-refractivity contribution >= 4 is 11.6 Å². The number of ether oxygens (including phenoxy) is 3. The second-order valence-electron chi connectivity index (χ2n) is 8.28. The summed E-state index contributed by atoms with van der Waals surface area (Å²) in [4.78, 5) is 19.6. The Kier molecular flexibility index (Phi) is 6.72. The van der Waals surface area contributed by atoms with Crippen LogP contribution in [0.3, 0.4) is 0 Å². The molecule has 0 N–H and O–H groups in total. The maximum atomic E-state index is 13.3. The van der Waals surface area contributed by atoms with Crippen LogP contribution in [0, 0.1) is 13.8 Å². The molecule has 176 valence electrons. The number of carbonyl (C=O) groups excluding carboxylic acids is 1. The smallest absolute Gasteiger partial charge is 0.257 e. The van der Waals surface area contributed by atoms with Gasteiger partial charge in [0.05, 0.1) is 25.5 Å². The Morgan fingerprint density at radius 1 is 0.971 bits per heavy atom. The van der Waals surface area contributed by atoms with Crippen molar-refractivity contribution in [2.24, 2.45) is 0 Å². The molecule has 2 heterocycles. The lowest BCUT2D eigenvalue weighted by molar-refractivity contribution is 0.0779. The van der Waals surface area contributed by atoms with Gasteiger partial charge in [0.2, 0.25) is 0 Å². The van der Waals surface area contributed by atoms with Crippen LogP contribution < -0.4 is 14.2 Å². The van der Waals surface area contributed by atoms with E-state index in [4.69, 9.17) is 14.2 Å². The largest absolute Gasteiger partial charge is 0.493 e. The van der Waals surface area contributed by atoms with E-state index in [1.54, 1.807) is 32.2 Å². The molecule has 2 aromatic heterocycles. The fourth-order valence-corrected chi connectivity index (χ4v) is 3.87. The van der Waals surface area contributed by atoms with E-state index < -0.39 is 0 Å². The number of hydrogen-bond acceptors (Lipinski definition) is 5. The minimum absolute atomic E-state index is 0.129. The zero-order valence-electron chi connectivity index (χ0n) is 20.2. The number of imidazole rings is 1. The maximum Gasteiger partial charge on any atom is 0.257 e. The van der Waals surface area contributed by atoms with E-state index in [9.17, 15) is 4.79 Å². The first-order chi connectivity index (χ1) is 16.4. The second-order valence-corrected chi connectivity index (χ2v) is 8.28. The van der Waals surface area contributed by atoms with Gasteiger partial charge in [-0.3, -0.25) is 4.79 Å². The Morgan fingerprint density at radius 2 is 1.71 bits per heavy atom. The molecule has 0 aliphatic rings. The predicted molar refractivity (Wildman–Crippen MR) is 131 cm³/mol. The molecule has 7 heteroatoms. The number of fused-ring (bicyclic) bond motifs is 1. The van der Waals surface area contributed by atoms with Crippen molar-refractivity contribution in [1.82, 2.24) is 14.3 Å². The molecule has 0 fully saturated rings. The molecular formula is C27H29N3O4. The van der Waals surface area contributed by atoms with E-state index >= 15 is 0 Å². The minimum atomic E-state index is -0.129. The molecule has 0 saturated heterocycles. The summed E-state index contributed by atoms with van der Waals surface area (Å²) in [5, 5.41) is 0. The number of aryl methyl sites for hydroxylation is 2. The first-order valence-corrected chi connectivity index (χ1v) is 11.0. The van der Waals surface area contributed by atoms with Crippen LogP contribution in [0.1, 0.15) is 32.7 Å². The Labute approximate surface area is 199 Å². The molecule has 7 nitrogen and oxygen atoms in total. The molecule has 0 atom stereocenters. The highest BCUT2D eigenvalue weighted by molar-refractivity contribution is 5.96. The van der Waals surface area contributed by atoms with Crippen LogP contribution in [0.25, 0.3) is 5.65 Å². The van der Waals surface area contributed by atoms with E-state index in [2.05, 4.69) is 4.98 Å². The number of carbonyl (C=O) groups is 1. The summed E-state index contributed by atoms with van der Waals surface area (Å²) >= 11 is 0. The molecular weight excluding hydrogens is 430 g/mol. The monoisotopic (exact) mass is 459 g/mol. The van der Waals surface area contributed by atoms with Crippen LogP contribution in [-0.2, 0) is 13.2 Å². The van der Waals surface area contributed by atoms with Gasteiger partial charge in [-0.25, -0.2) is 4.98 Å². The lowest BCUT2D eigenvalue weighted by Crippen LogP contribution is -2.27. The van der Waals surface area contributed by atoms with Crippen molar-refractivity contribution in [1.29, 1.82) is 0 Å². The lowest BCUT2D eigenvalue weighted by atomic mass is 10.1. The van der Waals surface area contributed by atoms with Crippen molar-refractivity contribution in [2.75, 3.05) is 21.3 Å². The molecule has 0 spiro atoms. The fourth-order valence-electron chi connectivity index (χ4n) is 3.87. The average molecular weight is 460 g/mol. The molecule has 0 saturated carbocycles. The van der Waals surface area contributed by atoms with Gasteiger partial charge in [0.15, 0.2) is 11.5 Å². The topological polar surface area (TPSA) is 65.3 Å². The van der Waals surface area contributed by atoms with Gasteiger partial charge < -0.3 is 23.5 Å². The number of amides is 1. The van der Waals surface area contributed by atoms with Gasteiger partial charge in [-0.2, -0.15) is 0 Å². The summed E-state index contributed by atoms with van der Waals surface area (Å²) < 4.78 is 18.8. The number of hydrogen-bond donors (Lipinski definition) is 0. The van der Waals surface area contributed by atoms with Crippen molar-refractivity contribution in [2.45, 2.75) is 27.0 Å². The SMILES string of the molecule is COc1cc(C)c(CN(C)C(=O)c2ccccc2OCc2cn3cc(C)ccc3n2)cc1OC. The number of nitrogens with zero attached hydrogens (tertiary/aromatic N) is 3. The quantitative estimate of drug-likeness (QED) is 0.378. The summed E-state index contributed by atoms with van der Waals surface area (Å²) in [5.74, 6) is 1.70. The Hall–Kier alpha value is -4.00. The number of pyridine rings is 1. The number of aromatic nitrogens is 2. The summed E-state index contributed by atoms with van der Waals surface area (Å²) in [6, 6.07) is 15.1. The van der Waals surface area contributed by atoms with E-state index in [0.717, 1.165) is 28.0 Å². The highest BCUT2D eigenvalue weighted by Gasteiger charge is 2.19. The van der Waals surface area contributed by atoms with Crippen LogP contribution in [0.4, 0.5) is 0 Å². The third-order valence-electron chi connectivity index (χ3n) is 5.74. The van der Waals surface area contributed by atoms with Crippen molar-refractivity contribution < 1.29 is 19.0 Å². The van der Waals surface area contributed by atoms with Crippen LogP contribution in [0.15, 0.2) is 60.9 Å². The maximum absolute atomic E-state index is 13.3. The molecule has 2 aromatic carbocycles. The molecule has 0 aliphatic heterocycles. The summed E-state index contributed by atoms with van der Waals surface area (Å²) in [5.41, 5.74) is 5.31. The van der Waals surface area contributed by atoms with Gasteiger partial charge in [-0.15, -0.1) is 0 Å². The van der Waals surface area contributed by atoms with Crippen LogP contribution in [0.2, 0.25) is 0 Å². The second kappa shape index (κ2) is 9.87. The molecule has 0 radical (unpaired) electrons. The van der Waals surface area contributed by atoms with Crippen molar-refractivity contribution in [3.05, 3.63) is 88.9 Å². The van der Waals surface area contributed by atoms with Crippen LogP contribution >= 0.6 is 0 Å². The van der Waals surface area contributed by atoms with Crippen molar-refractivity contribution in [3.8, 4) is 17.2 Å². The van der Waals surface area contributed by atoms with Crippen LogP contribution in [0.5, 0.6) is 17.2 Å². The van der Waals surface area contributed by atoms with Gasteiger partial charge in [0, 0.05) is 26.0 Å². The standard InChI is InChI=1S/C27H29N3O4/c1-18-10-11-26-28-21(16-30(26)14-18)17-34-23-9-7-6-8-22(23)27(31)29(3)15-20-13-25(33-5)24(32-4)12-19(20)2/h6-14,16H,15,17H2,1-5H3. The van der Waals surface area contributed by atoms with Crippen molar-refractivity contribution in [3.63, 3.8) is 0 Å². The fraction of sp³-hybridized carbons (Fsp3) is 0.259.